The van der Waals surface area contributed by atoms with Gasteiger partial charge in [-0.05, 0) is 45.7 Å². The minimum absolute atomic E-state index is 0.251. The fourth-order valence-corrected chi connectivity index (χ4v) is 2.32. The molecule has 0 spiro atoms. The van der Waals surface area contributed by atoms with Crippen molar-refractivity contribution in [2.24, 2.45) is 11.7 Å². The Morgan fingerprint density at radius 2 is 2.31 bits per heavy atom. The molecule has 1 unspecified atom stereocenters. The fourth-order valence-electron chi connectivity index (χ4n) is 2.32. The third-order valence-corrected chi connectivity index (χ3v) is 3.43. The van der Waals surface area contributed by atoms with Crippen LogP contribution in [0.15, 0.2) is 12.7 Å². The van der Waals surface area contributed by atoms with Gasteiger partial charge in [0, 0.05) is 12.1 Å². The molecule has 0 aromatic rings. The number of likely N-dealkylation sites (tertiary alicyclic amines) is 1. The van der Waals surface area contributed by atoms with Gasteiger partial charge in [-0.3, -0.25) is 4.90 Å². The highest BCUT2D eigenvalue weighted by atomic mass is 15.2. The molecular formula is C11H22N2. The van der Waals surface area contributed by atoms with Crippen molar-refractivity contribution in [3.05, 3.63) is 12.7 Å². The number of piperidine rings is 1. The number of hydrogen-bond donors (Lipinski definition) is 1. The zero-order valence-corrected chi connectivity index (χ0v) is 8.92. The summed E-state index contributed by atoms with van der Waals surface area (Å²) in [6.45, 7) is 11.4. The maximum atomic E-state index is 5.78. The highest BCUT2D eigenvalue weighted by Gasteiger charge is 2.36. The predicted molar refractivity (Wildman–Crippen MR) is 57.6 cm³/mol. The van der Waals surface area contributed by atoms with Crippen molar-refractivity contribution < 1.29 is 0 Å². The van der Waals surface area contributed by atoms with Gasteiger partial charge in [0.05, 0.1) is 0 Å². The summed E-state index contributed by atoms with van der Waals surface area (Å²) in [5.74, 6) is 0.640. The van der Waals surface area contributed by atoms with Crippen molar-refractivity contribution in [3.8, 4) is 0 Å². The van der Waals surface area contributed by atoms with Gasteiger partial charge in [-0.25, -0.2) is 0 Å². The van der Waals surface area contributed by atoms with Gasteiger partial charge in [-0.1, -0.05) is 6.08 Å². The zero-order valence-electron chi connectivity index (χ0n) is 8.92. The lowest BCUT2D eigenvalue weighted by atomic mass is 9.79. The van der Waals surface area contributed by atoms with Crippen molar-refractivity contribution in [1.82, 2.24) is 4.90 Å². The quantitative estimate of drug-likeness (QED) is 0.672. The van der Waals surface area contributed by atoms with Gasteiger partial charge in [0.1, 0.15) is 0 Å². The minimum Gasteiger partial charge on any atom is -0.330 e. The topological polar surface area (TPSA) is 29.3 Å². The average molecular weight is 182 g/mol. The van der Waals surface area contributed by atoms with E-state index in [4.69, 9.17) is 5.73 Å². The Kier molecular flexibility index (Phi) is 3.51. The summed E-state index contributed by atoms with van der Waals surface area (Å²) in [4.78, 5) is 2.49. The molecular weight excluding hydrogens is 160 g/mol. The summed E-state index contributed by atoms with van der Waals surface area (Å²) in [5, 5.41) is 0. The van der Waals surface area contributed by atoms with E-state index in [1.165, 1.54) is 19.4 Å². The summed E-state index contributed by atoms with van der Waals surface area (Å²) >= 11 is 0. The summed E-state index contributed by atoms with van der Waals surface area (Å²) in [7, 11) is 0. The molecule has 0 bridgehead atoms. The molecule has 0 saturated carbocycles. The molecule has 0 radical (unpaired) electrons. The van der Waals surface area contributed by atoms with Gasteiger partial charge >= 0.3 is 0 Å². The van der Waals surface area contributed by atoms with Gasteiger partial charge < -0.3 is 5.73 Å². The summed E-state index contributed by atoms with van der Waals surface area (Å²) in [6.07, 6.45) is 4.54. The number of nitrogens with zero attached hydrogens (tertiary/aromatic N) is 1. The van der Waals surface area contributed by atoms with Crippen LogP contribution in [0, 0.1) is 5.92 Å². The summed E-state index contributed by atoms with van der Waals surface area (Å²) < 4.78 is 0. The molecule has 0 aromatic heterocycles. The van der Waals surface area contributed by atoms with E-state index >= 15 is 0 Å². The second kappa shape index (κ2) is 4.25. The first-order chi connectivity index (χ1) is 6.12. The third-order valence-electron chi connectivity index (χ3n) is 3.43. The van der Waals surface area contributed by atoms with Gasteiger partial charge in [0.25, 0.3) is 0 Å². The molecule has 13 heavy (non-hydrogen) atoms. The molecule has 1 rings (SSSR count). The molecule has 1 aliphatic heterocycles. The van der Waals surface area contributed by atoms with Crippen LogP contribution in [0.2, 0.25) is 0 Å². The van der Waals surface area contributed by atoms with Crippen molar-refractivity contribution in [2.75, 3.05) is 19.6 Å². The molecule has 0 aromatic carbocycles. The van der Waals surface area contributed by atoms with Gasteiger partial charge in [0.2, 0.25) is 0 Å². The van der Waals surface area contributed by atoms with E-state index in [2.05, 4.69) is 25.3 Å². The lowest BCUT2D eigenvalue weighted by Gasteiger charge is -2.47. The van der Waals surface area contributed by atoms with Crippen LogP contribution >= 0.6 is 0 Å². The Hall–Kier alpha value is -0.340. The van der Waals surface area contributed by atoms with Crippen LogP contribution < -0.4 is 5.73 Å². The van der Waals surface area contributed by atoms with E-state index in [-0.39, 0.29) is 5.54 Å². The molecule has 1 heterocycles. The SMILES string of the molecule is C=CCN1CCCC(CN)C1(C)C. The summed E-state index contributed by atoms with van der Waals surface area (Å²) in [6, 6.07) is 0. The lowest BCUT2D eigenvalue weighted by Crippen LogP contribution is -2.55. The lowest BCUT2D eigenvalue weighted by molar-refractivity contribution is 0.0361. The monoisotopic (exact) mass is 182 g/mol. The van der Waals surface area contributed by atoms with Crippen LogP contribution in [0.3, 0.4) is 0 Å². The predicted octanol–water partition coefficient (Wildman–Crippen LogP) is 1.62. The molecule has 2 nitrogen and oxygen atoms in total. The Morgan fingerprint density at radius 3 is 2.85 bits per heavy atom. The second-order valence-electron chi connectivity index (χ2n) is 4.46. The second-order valence-corrected chi connectivity index (χ2v) is 4.46. The van der Waals surface area contributed by atoms with Crippen LogP contribution in [0.4, 0.5) is 0 Å². The van der Waals surface area contributed by atoms with Crippen molar-refractivity contribution in [1.29, 1.82) is 0 Å². The van der Waals surface area contributed by atoms with E-state index in [0.29, 0.717) is 5.92 Å². The molecule has 1 fully saturated rings. The average Bonchev–Trinajstić information content (AvgIpc) is 2.08. The smallest absolute Gasteiger partial charge is 0.0196 e. The Balaban J connectivity index is 2.68. The van der Waals surface area contributed by atoms with Crippen LogP contribution in [-0.2, 0) is 0 Å². The van der Waals surface area contributed by atoms with Crippen molar-refractivity contribution in [3.63, 3.8) is 0 Å². The van der Waals surface area contributed by atoms with E-state index in [9.17, 15) is 0 Å². The first-order valence-electron chi connectivity index (χ1n) is 5.19. The normalized spacial score (nSPS) is 28.7. The zero-order chi connectivity index (χ0) is 9.90. The molecule has 2 heteroatoms. The van der Waals surface area contributed by atoms with Crippen LogP contribution in [0.1, 0.15) is 26.7 Å². The highest BCUT2D eigenvalue weighted by molar-refractivity contribution is 4.95. The van der Waals surface area contributed by atoms with Crippen LogP contribution in [0.25, 0.3) is 0 Å². The third kappa shape index (κ3) is 2.12. The Bertz CT molecular complexity index is 175. The molecule has 1 saturated heterocycles. The van der Waals surface area contributed by atoms with Gasteiger partial charge in [-0.15, -0.1) is 6.58 Å². The van der Waals surface area contributed by atoms with Gasteiger partial charge in [0.15, 0.2) is 0 Å². The molecule has 0 amide bonds. The summed E-state index contributed by atoms with van der Waals surface area (Å²) in [5.41, 5.74) is 6.04. The molecule has 76 valence electrons. The molecule has 1 aliphatic rings. The maximum absolute atomic E-state index is 5.78. The largest absolute Gasteiger partial charge is 0.330 e. The number of nitrogens with two attached hydrogens (primary N) is 1. The van der Waals surface area contributed by atoms with E-state index in [1.54, 1.807) is 0 Å². The minimum atomic E-state index is 0.251. The van der Waals surface area contributed by atoms with E-state index < -0.39 is 0 Å². The Morgan fingerprint density at radius 1 is 1.62 bits per heavy atom. The van der Waals surface area contributed by atoms with Crippen molar-refractivity contribution in [2.45, 2.75) is 32.2 Å². The molecule has 0 aliphatic carbocycles. The standard InChI is InChI=1S/C11H22N2/c1-4-7-13-8-5-6-10(9-12)11(13,2)3/h4,10H,1,5-9,12H2,2-3H3. The van der Waals surface area contributed by atoms with E-state index in [0.717, 1.165) is 13.1 Å². The molecule has 2 N–H and O–H groups in total. The van der Waals surface area contributed by atoms with Crippen LogP contribution in [0.5, 0.6) is 0 Å². The van der Waals surface area contributed by atoms with Gasteiger partial charge in [-0.2, -0.15) is 0 Å². The first-order valence-corrected chi connectivity index (χ1v) is 5.19. The van der Waals surface area contributed by atoms with Crippen molar-refractivity contribution >= 4 is 0 Å². The Labute approximate surface area is 81.8 Å². The van der Waals surface area contributed by atoms with E-state index in [1.807, 2.05) is 6.08 Å². The fraction of sp³-hybridized carbons (Fsp3) is 0.818. The highest BCUT2D eigenvalue weighted by Crippen LogP contribution is 2.32. The molecule has 1 atom stereocenters. The number of rotatable bonds is 3. The first kappa shape index (κ1) is 10.7. The van der Waals surface area contributed by atoms with Crippen LogP contribution in [-0.4, -0.2) is 30.1 Å². The maximum Gasteiger partial charge on any atom is 0.0196 e. The number of hydrogen-bond acceptors (Lipinski definition) is 2.